The largest absolute Gasteiger partial charge is 0.242 e. The average molecular weight is 165 g/mol. The van der Waals surface area contributed by atoms with Gasteiger partial charge >= 0.3 is 0 Å². The second-order valence-corrected chi connectivity index (χ2v) is 1.94. The number of nitrogens with zero attached hydrogens (tertiary/aromatic N) is 5. The van der Waals surface area contributed by atoms with Crippen molar-refractivity contribution in [1.29, 1.82) is 0 Å². The molecular formula is C7H11N5. The second kappa shape index (κ2) is 3.75. The van der Waals surface area contributed by atoms with Gasteiger partial charge in [-0.2, -0.15) is 0 Å². The van der Waals surface area contributed by atoms with Crippen molar-refractivity contribution >= 4 is 11.2 Å². The van der Waals surface area contributed by atoms with Crippen LogP contribution in [0.5, 0.6) is 0 Å². The number of rotatable bonds is 0. The summed E-state index contributed by atoms with van der Waals surface area (Å²) in [6, 6.07) is 0. The lowest BCUT2D eigenvalue weighted by Crippen LogP contribution is -1.91. The smallest absolute Gasteiger partial charge is 0.181 e. The number of aryl methyl sites for hydroxylation is 1. The fraction of sp³-hybridized carbons (Fsp3) is 0.429. The van der Waals surface area contributed by atoms with E-state index in [1.165, 1.54) is 6.33 Å². The predicted octanol–water partition coefficient (Wildman–Crippen LogP) is 0.784. The summed E-state index contributed by atoms with van der Waals surface area (Å²) in [4.78, 5) is 7.77. The molecule has 2 aromatic heterocycles. The van der Waals surface area contributed by atoms with Gasteiger partial charge < -0.3 is 0 Å². The molecule has 0 atom stereocenters. The van der Waals surface area contributed by atoms with Gasteiger partial charge in [0.25, 0.3) is 0 Å². The van der Waals surface area contributed by atoms with E-state index in [1.807, 2.05) is 13.8 Å². The van der Waals surface area contributed by atoms with Crippen LogP contribution in [0, 0.1) is 0 Å². The molecule has 0 saturated heterocycles. The average Bonchev–Trinajstić information content (AvgIpc) is 2.53. The highest BCUT2D eigenvalue weighted by Crippen LogP contribution is 2.00. The molecule has 0 fully saturated rings. The minimum Gasteiger partial charge on any atom is -0.242 e. The molecule has 5 nitrogen and oxygen atoms in total. The van der Waals surface area contributed by atoms with Crippen LogP contribution in [0.3, 0.4) is 0 Å². The summed E-state index contributed by atoms with van der Waals surface area (Å²) < 4.78 is 1.61. The Hall–Kier alpha value is -1.52. The standard InChI is InChI=1S/C5H5N5.C2H6/c1-10-5-4(8-9-10)2-6-3-7-5;1-2/h2-3H,1H3;1-2H3. The van der Waals surface area contributed by atoms with Crippen LogP contribution >= 0.6 is 0 Å². The van der Waals surface area contributed by atoms with Gasteiger partial charge in [0.2, 0.25) is 0 Å². The minimum absolute atomic E-state index is 0.727. The lowest BCUT2D eigenvalue weighted by atomic mass is 10.6. The Kier molecular flexibility index (Phi) is 2.68. The summed E-state index contributed by atoms with van der Waals surface area (Å²) in [7, 11) is 1.79. The van der Waals surface area contributed by atoms with Crippen LogP contribution in [0.25, 0.3) is 11.2 Å². The zero-order valence-corrected chi connectivity index (χ0v) is 7.39. The van der Waals surface area contributed by atoms with Gasteiger partial charge in [0.05, 0.1) is 6.20 Å². The first-order valence-corrected chi connectivity index (χ1v) is 3.83. The van der Waals surface area contributed by atoms with E-state index in [9.17, 15) is 0 Å². The SMILES string of the molecule is CC.Cn1nnc2cncnc21. The van der Waals surface area contributed by atoms with Gasteiger partial charge in [-0.25, -0.2) is 14.6 Å². The Morgan fingerprint density at radius 3 is 2.75 bits per heavy atom. The van der Waals surface area contributed by atoms with Crippen LogP contribution < -0.4 is 0 Å². The Balaban J connectivity index is 0.000000336. The van der Waals surface area contributed by atoms with E-state index in [-0.39, 0.29) is 0 Å². The van der Waals surface area contributed by atoms with Crippen molar-refractivity contribution in [1.82, 2.24) is 25.0 Å². The van der Waals surface area contributed by atoms with Crippen LogP contribution in [-0.4, -0.2) is 25.0 Å². The van der Waals surface area contributed by atoms with Crippen molar-refractivity contribution in [2.45, 2.75) is 13.8 Å². The van der Waals surface area contributed by atoms with Crippen LogP contribution in [0.15, 0.2) is 12.5 Å². The molecule has 0 bridgehead atoms. The maximum atomic E-state index is 3.97. The van der Waals surface area contributed by atoms with E-state index in [1.54, 1.807) is 17.9 Å². The highest BCUT2D eigenvalue weighted by Gasteiger charge is 1.98. The molecule has 0 N–H and O–H groups in total. The van der Waals surface area contributed by atoms with E-state index in [2.05, 4.69) is 20.3 Å². The van der Waals surface area contributed by atoms with Crippen LogP contribution in [0.4, 0.5) is 0 Å². The van der Waals surface area contributed by atoms with E-state index < -0.39 is 0 Å². The minimum atomic E-state index is 0.727. The van der Waals surface area contributed by atoms with Crippen molar-refractivity contribution in [3.8, 4) is 0 Å². The molecular weight excluding hydrogens is 154 g/mol. The molecule has 0 radical (unpaired) electrons. The Morgan fingerprint density at radius 2 is 2.08 bits per heavy atom. The maximum Gasteiger partial charge on any atom is 0.181 e. The molecule has 2 aromatic rings. The fourth-order valence-corrected chi connectivity index (χ4v) is 0.793. The number of hydrogen-bond donors (Lipinski definition) is 0. The zero-order valence-electron chi connectivity index (χ0n) is 7.39. The molecule has 2 rings (SSSR count). The zero-order chi connectivity index (χ0) is 8.97. The highest BCUT2D eigenvalue weighted by molar-refractivity contribution is 5.67. The van der Waals surface area contributed by atoms with E-state index >= 15 is 0 Å². The van der Waals surface area contributed by atoms with Gasteiger partial charge in [0.1, 0.15) is 6.33 Å². The predicted molar refractivity (Wildman–Crippen MR) is 45.4 cm³/mol. The van der Waals surface area contributed by atoms with Crippen molar-refractivity contribution in [2.24, 2.45) is 7.05 Å². The van der Waals surface area contributed by atoms with Gasteiger partial charge in [0.15, 0.2) is 11.2 Å². The van der Waals surface area contributed by atoms with E-state index in [4.69, 9.17) is 0 Å². The van der Waals surface area contributed by atoms with Crippen LogP contribution in [0.1, 0.15) is 13.8 Å². The maximum absolute atomic E-state index is 3.97. The van der Waals surface area contributed by atoms with Crippen LogP contribution in [-0.2, 0) is 7.05 Å². The number of fused-ring (bicyclic) bond motifs is 1. The van der Waals surface area contributed by atoms with Crippen molar-refractivity contribution in [3.63, 3.8) is 0 Å². The third-order valence-corrected chi connectivity index (χ3v) is 1.27. The third-order valence-electron chi connectivity index (χ3n) is 1.27. The van der Waals surface area contributed by atoms with Crippen molar-refractivity contribution < 1.29 is 0 Å². The summed E-state index contributed by atoms with van der Waals surface area (Å²) in [5.74, 6) is 0. The molecule has 12 heavy (non-hydrogen) atoms. The number of aromatic nitrogens is 5. The second-order valence-electron chi connectivity index (χ2n) is 1.94. The van der Waals surface area contributed by atoms with Gasteiger partial charge in [-0.05, 0) is 0 Å². The van der Waals surface area contributed by atoms with Crippen molar-refractivity contribution in [3.05, 3.63) is 12.5 Å². The summed E-state index contributed by atoms with van der Waals surface area (Å²) in [5.41, 5.74) is 1.49. The monoisotopic (exact) mass is 165 g/mol. The molecule has 5 heteroatoms. The quantitative estimate of drug-likeness (QED) is 0.579. The third kappa shape index (κ3) is 1.39. The molecule has 0 aliphatic carbocycles. The first-order valence-electron chi connectivity index (χ1n) is 3.83. The lowest BCUT2D eigenvalue weighted by Gasteiger charge is -1.85. The van der Waals surface area contributed by atoms with Crippen LogP contribution in [0.2, 0.25) is 0 Å². The fourth-order valence-electron chi connectivity index (χ4n) is 0.793. The van der Waals surface area contributed by atoms with E-state index in [0.29, 0.717) is 0 Å². The molecule has 0 amide bonds. The molecule has 0 aliphatic rings. The topological polar surface area (TPSA) is 56.5 Å². The molecule has 2 heterocycles. The normalized spacial score (nSPS) is 9.25. The molecule has 0 aliphatic heterocycles. The summed E-state index contributed by atoms with van der Waals surface area (Å²) in [5, 5.41) is 7.57. The summed E-state index contributed by atoms with van der Waals surface area (Å²) >= 11 is 0. The first kappa shape index (κ1) is 8.58. The Labute approximate surface area is 70.4 Å². The summed E-state index contributed by atoms with van der Waals surface area (Å²) in [6.07, 6.45) is 3.11. The van der Waals surface area contributed by atoms with Crippen molar-refractivity contribution in [2.75, 3.05) is 0 Å². The molecule has 0 unspecified atom stereocenters. The van der Waals surface area contributed by atoms with Gasteiger partial charge in [-0.3, -0.25) is 0 Å². The summed E-state index contributed by atoms with van der Waals surface area (Å²) in [6.45, 7) is 4.00. The van der Waals surface area contributed by atoms with Gasteiger partial charge in [-0.1, -0.05) is 19.1 Å². The first-order chi connectivity index (χ1) is 5.88. The van der Waals surface area contributed by atoms with Gasteiger partial charge in [0, 0.05) is 7.05 Å². The highest BCUT2D eigenvalue weighted by atomic mass is 15.4. The molecule has 0 spiro atoms. The Bertz CT molecular complexity index is 353. The molecule has 0 aromatic carbocycles. The Morgan fingerprint density at radius 1 is 1.33 bits per heavy atom. The lowest BCUT2D eigenvalue weighted by molar-refractivity contribution is 0.729. The molecule has 64 valence electrons. The van der Waals surface area contributed by atoms with E-state index in [0.717, 1.165) is 11.2 Å². The number of hydrogen-bond acceptors (Lipinski definition) is 4. The molecule has 0 saturated carbocycles. The van der Waals surface area contributed by atoms with Gasteiger partial charge in [-0.15, -0.1) is 5.10 Å².